The zero-order valence-electron chi connectivity index (χ0n) is 18.3. The Labute approximate surface area is 179 Å². The molecule has 1 fully saturated rings. The molecular formula is C23H34N4O3. The van der Waals surface area contributed by atoms with Crippen molar-refractivity contribution in [2.75, 3.05) is 40.4 Å². The fourth-order valence-corrected chi connectivity index (χ4v) is 3.70. The van der Waals surface area contributed by atoms with Crippen molar-refractivity contribution in [1.82, 2.24) is 15.5 Å². The third-order valence-corrected chi connectivity index (χ3v) is 5.29. The molecule has 0 bridgehead atoms. The van der Waals surface area contributed by atoms with Crippen molar-refractivity contribution in [1.29, 1.82) is 0 Å². The Hall–Kier alpha value is -2.67. The van der Waals surface area contributed by atoms with Crippen LogP contribution in [0.2, 0.25) is 0 Å². The van der Waals surface area contributed by atoms with Crippen LogP contribution in [-0.2, 0) is 6.54 Å². The van der Waals surface area contributed by atoms with Crippen LogP contribution in [0.3, 0.4) is 0 Å². The van der Waals surface area contributed by atoms with Crippen molar-refractivity contribution in [3.63, 3.8) is 0 Å². The van der Waals surface area contributed by atoms with Gasteiger partial charge in [0.2, 0.25) is 0 Å². The van der Waals surface area contributed by atoms with Crippen LogP contribution in [0.4, 0.5) is 0 Å². The van der Waals surface area contributed by atoms with E-state index in [-0.39, 0.29) is 6.04 Å². The minimum absolute atomic E-state index is 0.205. The first-order chi connectivity index (χ1) is 14.7. The third-order valence-electron chi connectivity index (χ3n) is 5.29. The SMILES string of the molecule is CCCOc1ccc(CNC(=NC)NCC(c2ccco2)N2CCCC2)cc1OC. The maximum atomic E-state index is 5.73. The van der Waals surface area contributed by atoms with Crippen LogP contribution in [0.5, 0.6) is 11.5 Å². The number of likely N-dealkylation sites (tertiary alicyclic amines) is 1. The number of ether oxygens (including phenoxy) is 2. The van der Waals surface area contributed by atoms with Gasteiger partial charge in [0.15, 0.2) is 17.5 Å². The number of methoxy groups -OCH3 is 1. The second kappa shape index (κ2) is 11.5. The van der Waals surface area contributed by atoms with Crippen molar-refractivity contribution in [3.05, 3.63) is 47.9 Å². The molecule has 1 aliphatic rings. The first-order valence-corrected chi connectivity index (χ1v) is 10.8. The van der Waals surface area contributed by atoms with Gasteiger partial charge in [0, 0.05) is 20.1 Å². The van der Waals surface area contributed by atoms with Gasteiger partial charge in [-0.3, -0.25) is 9.89 Å². The third kappa shape index (κ3) is 5.92. The zero-order chi connectivity index (χ0) is 21.2. The summed E-state index contributed by atoms with van der Waals surface area (Å²) < 4.78 is 16.9. The summed E-state index contributed by atoms with van der Waals surface area (Å²) in [5.74, 6) is 3.28. The molecule has 1 atom stereocenters. The lowest BCUT2D eigenvalue weighted by atomic mass is 10.2. The molecule has 1 aromatic carbocycles. The predicted octanol–water partition coefficient (Wildman–Crippen LogP) is 3.58. The monoisotopic (exact) mass is 414 g/mol. The summed E-state index contributed by atoms with van der Waals surface area (Å²) in [5, 5.41) is 6.84. The highest BCUT2D eigenvalue weighted by Crippen LogP contribution is 2.28. The van der Waals surface area contributed by atoms with Crippen molar-refractivity contribution in [2.45, 2.75) is 38.8 Å². The van der Waals surface area contributed by atoms with Gasteiger partial charge >= 0.3 is 0 Å². The second-order valence-corrected chi connectivity index (χ2v) is 7.41. The molecule has 7 nitrogen and oxygen atoms in total. The average Bonchev–Trinajstić information content (AvgIpc) is 3.50. The Morgan fingerprint density at radius 3 is 2.70 bits per heavy atom. The van der Waals surface area contributed by atoms with E-state index in [2.05, 4.69) is 33.5 Å². The van der Waals surface area contributed by atoms with Crippen molar-refractivity contribution in [3.8, 4) is 11.5 Å². The Morgan fingerprint density at radius 1 is 1.20 bits per heavy atom. The largest absolute Gasteiger partial charge is 0.493 e. The molecule has 2 heterocycles. The van der Waals surface area contributed by atoms with E-state index >= 15 is 0 Å². The van der Waals surface area contributed by atoms with E-state index < -0.39 is 0 Å². The summed E-state index contributed by atoms with van der Waals surface area (Å²) in [6.07, 6.45) is 5.19. The van der Waals surface area contributed by atoms with Crippen LogP contribution in [0.15, 0.2) is 46.0 Å². The van der Waals surface area contributed by atoms with Gasteiger partial charge in [-0.2, -0.15) is 0 Å². The summed E-state index contributed by atoms with van der Waals surface area (Å²) >= 11 is 0. The molecule has 30 heavy (non-hydrogen) atoms. The normalized spacial score (nSPS) is 15.8. The number of furan rings is 1. The Morgan fingerprint density at radius 2 is 2.03 bits per heavy atom. The number of benzene rings is 1. The van der Waals surface area contributed by atoms with Crippen LogP contribution in [0.25, 0.3) is 0 Å². The van der Waals surface area contributed by atoms with Crippen LogP contribution < -0.4 is 20.1 Å². The number of hydrogen-bond donors (Lipinski definition) is 2. The fourth-order valence-electron chi connectivity index (χ4n) is 3.70. The molecule has 1 aromatic heterocycles. The molecule has 0 saturated carbocycles. The summed E-state index contributed by atoms with van der Waals surface area (Å²) in [6, 6.07) is 10.2. The number of hydrogen-bond acceptors (Lipinski definition) is 5. The van der Waals surface area contributed by atoms with Crippen molar-refractivity contribution >= 4 is 5.96 Å². The first kappa shape index (κ1) is 22.0. The molecule has 2 N–H and O–H groups in total. The van der Waals surface area contributed by atoms with Gasteiger partial charge < -0.3 is 24.5 Å². The highest BCUT2D eigenvalue weighted by molar-refractivity contribution is 5.79. The van der Waals surface area contributed by atoms with Gasteiger partial charge in [0.05, 0.1) is 26.0 Å². The fraction of sp³-hybridized carbons (Fsp3) is 0.522. The van der Waals surface area contributed by atoms with E-state index in [1.807, 2.05) is 24.3 Å². The minimum atomic E-state index is 0.205. The molecule has 1 aliphatic heterocycles. The predicted molar refractivity (Wildman–Crippen MR) is 119 cm³/mol. The van der Waals surface area contributed by atoms with Crippen LogP contribution in [-0.4, -0.2) is 51.3 Å². The summed E-state index contributed by atoms with van der Waals surface area (Å²) in [6.45, 7) is 6.35. The van der Waals surface area contributed by atoms with E-state index in [0.29, 0.717) is 13.2 Å². The topological polar surface area (TPSA) is 71.3 Å². The number of guanidine groups is 1. The lowest BCUT2D eigenvalue weighted by Crippen LogP contribution is -2.42. The lowest BCUT2D eigenvalue weighted by molar-refractivity contribution is 0.215. The van der Waals surface area contributed by atoms with Crippen molar-refractivity contribution < 1.29 is 13.9 Å². The maximum Gasteiger partial charge on any atom is 0.191 e. The molecule has 1 saturated heterocycles. The molecular weight excluding hydrogens is 380 g/mol. The first-order valence-electron chi connectivity index (χ1n) is 10.8. The quantitative estimate of drug-likeness (QED) is 0.457. The Balaban J connectivity index is 1.56. The molecule has 2 aromatic rings. The smallest absolute Gasteiger partial charge is 0.191 e. The maximum absolute atomic E-state index is 5.73. The highest BCUT2D eigenvalue weighted by Gasteiger charge is 2.25. The molecule has 0 radical (unpaired) electrons. The summed E-state index contributed by atoms with van der Waals surface area (Å²) in [4.78, 5) is 6.84. The number of nitrogens with zero attached hydrogens (tertiary/aromatic N) is 2. The molecule has 164 valence electrons. The van der Waals surface area contributed by atoms with Crippen molar-refractivity contribution in [2.24, 2.45) is 4.99 Å². The molecule has 0 spiro atoms. The van der Waals surface area contributed by atoms with Gasteiger partial charge in [-0.1, -0.05) is 13.0 Å². The average molecular weight is 415 g/mol. The van der Waals surface area contributed by atoms with E-state index in [4.69, 9.17) is 13.9 Å². The molecule has 0 aliphatic carbocycles. The summed E-state index contributed by atoms with van der Waals surface area (Å²) in [7, 11) is 3.45. The zero-order valence-corrected chi connectivity index (χ0v) is 18.3. The molecule has 3 rings (SSSR count). The van der Waals surface area contributed by atoms with Crippen LogP contribution in [0.1, 0.15) is 43.6 Å². The number of nitrogens with one attached hydrogen (secondary N) is 2. The van der Waals surface area contributed by atoms with Gasteiger partial charge in [0.25, 0.3) is 0 Å². The van der Waals surface area contributed by atoms with Gasteiger partial charge in [-0.15, -0.1) is 0 Å². The van der Waals surface area contributed by atoms with E-state index in [1.165, 1.54) is 12.8 Å². The number of aliphatic imine (C=N–C) groups is 1. The van der Waals surface area contributed by atoms with Gasteiger partial charge in [0.1, 0.15) is 5.76 Å². The molecule has 1 unspecified atom stereocenters. The van der Waals surface area contributed by atoms with Crippen LogP contribution in [0, 0.1) is 0 Å². The van der Waals surface area contributed by atoms with Gasteiger partial charge in [-0.05, 0) is 62.2 Å². The highest BCUT2D eigenvalue weighted by atomic mass is 16.5. The number of rotatable bonds is 10. The van der Waals surface area contributed by atoms with Crippen LogP contribution >= 0.6 is 0 Å². The second-order valence-electron chi connectivity index (χ2n) is 7.41. The summed E-state index contributed by atoms with van der Waals surface area (Å²) in [5.41, 5.74) is 1.10. The standard InChI is InChI=1S/C23H34N4O3/c1-4-13-29-21-10-9-18(15-22(21)28-3)16-25-23(24-2)26-17-19(20-8-7-14-30-20)27-11-5-6-12-27/h7-10,14-15,19H,4-6,11-13,16-17H2,1-3H3,(H2,24,25,26). The molecule has 0 amide bonds. The van der Waals surface area contributed by atoms with E-state index in [9.17, 15) is 0 Å². The Kier molecular flexibility index (Phi) is 8.44. The minimum Gasteiger partial charge on any atom is -0.493 e. The molecule has 7 heteroatoms. The van der Waals surface area contributed by atoms with E-state index in [0.717, 1.165) is 54.8 Å². The lowest BCUT2D eigenvalue weighted by Gasteiger charge is -2.26. The Bertz CT molecular complexity index is 786. The van der Waals surface area contributed by atoms with E-state index in [1.54, 1.807) is 20.4 Å². The van der Waals surface area contributed by atoms with Gasteiger partial charge in [-0.25, -0.2) is 0 Å².